The van der Waals surface area contributed by atoms with Crippen LogP contribution in [0.4, 0.5) is 0 Å². The maximum atomic E-state index is 11.7. The van der Waals surface area contributed by atoms with Crippen LogP contribution in [0.5, 0.6) is 0 Å². The van der Waals surface area contributed by atoms with Crippen LogP contribution >= 0.6 is 11.3 Å². The number of ether oxygens (including phenoxy) is 2. The third kappa shape index (κ3) is 3.66. The van der Waals surface area contributed by atoms with E-state index in [1.165, 1.54) is 19.8 Å². The van der Waals surface area contributed by atoms with Gasteiger partial charge >= 0.3 is 11.9 Å². The van der Waals surface area contributed by atoms with Crippen molar-refractivity contribution in [1.29, 1.82) is 0 Å². The van der Waals surface area contributed by atoms with Crippen LogP contribution in [0.2, 0.25) is 0 Å². The van der Waals surface area contributed by atoms with Gasteiger partial charge in [-0.25, -0.2) is 9.48 Å². The largest absolute Gasteiger partial charge is 0.469 e. The molecule has 112 valence electrons. The van der Waals surface area contributed by atoms with E-state index in [2.05, 4.69) is 19.8 Å². The van der Waals surface area contributed by atoms with Crippen LogP contribution in [-0.4, -0.2) is 41.2 Å². The van der Waals surface area contributed by atoms with E-state index < -0.39 is 11.9 Å². The van der Waals surface area contributed by atoms with Crippen LogP contribution in [0.15, 0.2) is 16.8 Å². The number of aryl methyl sites for hydroxylation is 2. The maximum Gasteiger partial charge on any atom is 0.360 e. The number of carbonyl (C=O) groups is 2. The first-order valence-electron chi connectivity index (χ1n) is 6.24. The molecule has 0 amide bonds. The lowest BCUT2D eigenvalue weighted by molar-refractivity contribution is -0.139. The monoisotopic (exact) mass is 309 g/mol. The number of methoxy groups -OCH3 is 2. The number of carbonyl (C=O) groups excluding carboxylic acids is 2. The molecular weight excluding hydrogens is 294 g/mol. The second-order valence-electron chi connectivity index (χ2n) is 4.23. The van der Waals surface area contributed by atoms with Crippen molar-refractivity contribution in [2.45, 2.75) is 19.4 Å². The summed E-state index contributed by atoms with van der Waals surface area (Å²) in [5, 5.41) is 11.8. The molecule has 0 radical (unpaired) electrons. The van der Waals surface area contributed by atoms with Gasteiger partial charge in [-0.3, -0.25) is 4.79 Å². The highest BCUT2D eigenvalue weighted by atomic mass is 32.1. The fraction of sp³-hybridized carbons (Fsp3) is 0.385. The van der Waals surface area contributed by atoms with E-state index in [1.54, 1.807) is 16.0 Å². The van der Waals surface area contributed by atoms with Crippen LogP contribution in [0, 0.1) is 0 Å². The van der Waals surface area contributed by atoms with Crippen LogP contribution in [0.1, 0.15) is 21.7 Å². The van der Waals surface area contributed by atoms with Crippen molar-refractivity contribution < 1.29 is 19.1 Å². The van der Waals surface area contributed by atoms with Crippen LogP contribution in [0.25, 0.3) is 0 Å². The van der Waals surface area contributed by atoms with Gasteiger partial charge in [-0.1, -0.05) is 5.21 Å². The lowest BCUT2D eigenvalue weighted by Gasteiger charge is -2.06. The number of aromatic nitrogens is 3. The molecule has 0 unspecified atom stereocenters. The highest BCUT2D eigenvalue weighted by Crippen LogP contribution is 2.12. The number of hydrogen-bond acceptors (Lipinski definition) is 7. The molecule has 0 atom stereocenters. The van der Waals surface area contributed by atoms with Crippen molar-refractivity contribution in [2.75, 3.05) is 14.2 Å². The Bertz CT molecular complexity index is 621. The summed E-state index contributed by atoms with van der Waals surface area (Å²) in [7, 11) is 2.55. The summed E-state index contributed by atoms with van der Waals surface area (Å²) in [6.45, 7) is 0.521. The number of esters is 2. The van der Waals surface area contributed by atoms with Crippen LogP contribution in [0.3, 0.4) is 0 Å². The Morgan fingerprint density at radius 3 is 2.76 bits per heavy atom. The van der Waals surface area contributed by atoms with Gasteiger partial charge in [0.25, 0.3) is 0 Å². The van der Waals surface area contributed by atoms with Crippen molar-refractivity contribution in [3.63, 3.8) is 0 Å². The summed E-state index contributed by atoms with van der Waals surface area (Å²) in [6.07, 6.45) is 0.666. The van der Waals surface area contributed by atoms with Gasteiger partial charge in [0.05, 0.1) is 26.3 Å². The quantitative estimate of drug-likeness (QED) is 0.743. The summed E-state index contributed by atoms with van der Waals surface area (Å²) in [5.74, 6) is -1.07. The van der Waals surface area contributed by atoms with Gasteiger partial charge < -0.3 is 9.47 Å². The summed E-state index contributed by atoms with van der Waals surface area (Å²) >= 11 is 1.61. The predicted octanol–water partition coefficient (Wildman–Crippen LogP) is 1.08. The molecule has 0 saturated carbocycles. The number of rotatable bonds is 6. The molecule has 0 aliphatic heterocycles. The Balaban J connectivity index is 2.20. The van der Waals surface area contributed by atoms with Crippen molar-refractivity contribution in [2.24, 2.45) is 0 Å². The van der Waals surface area contributed by atoms with E-state index in [9.17, 15) is 9.59 Å². The third-order valence-corrected chi connectivity index (χ3v) is 3.68. The lowest BCUT2D eigenvalue weighted by Crippen LogP contribution is -2.16. The Morgan fingerprint density at radius 1 is 1.33 bits per heavy atom. The second-order valence-corrected chi connectivity index (χ2v) is 5.01. The summed E-state index contributed by atoms with van der Waals surface area (Å²) in [4.78, 5) is 23.1. The molecule has 21 heavy (non-hydrogen) atoms. The van der Waals surface area contributed by atoms with E-state index >= 15 is 0 Å². The fourth-order valence-electron chi connectivity index (χ4n) is 1.82. The fourth-order valence-corrected chi connectivity index (χ4v) is 2.52. The Labute approximate surface area is 125 Å². The SMILES string of the molecule is COC(=O)Cc1c(C(=O)OC)nnn1CCc1ccsc1. The van der Waals surface area contributed by atoms with Crippen molar-refractivity contribution in [3.05, 3.63) is 33.8 Å². The molecule has 2 heterocycles. The van der Waals surface area contributed by atoms with E-state index in [0.717, 1.165) is 6.42 Å². The molecule has 0 bridgehead atoms. The van der Waals surface area contributed by atoms with E-state index in [-0.39, 0.29) is 12.1 Å². The first-order valence-corrected chi connectivity index (χ1v) is 7.18. The van der Waals surface area contributed by atoms with E-state index in [4.69, 9.17) is 0 Å². The highest BCUT2D eigenvalue weighted by Gasteiger charge is 2.22. The number of thiophene rings is 1. The zero-order chi connectivity index (χ0) is 15.2. The molecular formula is C13H15N3O4S. The smallest absolute Gasteiger partial charge is 0.360 e. The Hall–Kier alpha value is -2.22. The molecule has 2 aromatic rings. The normalized spacial score (nSPS) is 10.4. The Kier molecular flexibility index (Phi) is 5.04. The molecule has 0 saturated heterocycles. The lowest BCUT2D eigenvalue weighted by atomic mass is 10.2. The topological polar surface area (TPSA) is 83.3 Å². The third-order valence-electron chi connectivity index (χ3n) is 2.95. The van der Waals surface area contributed by atoms with Crippen molar-refractivity contribution >= 4 is 23.3 Å². The first kappa shape index (κ1) is 15.2. The maximum absolute atomic E-state index is 11.7. The van der Waals surface area contributed by atoms with Crippen LogP contribution < -0.4 is 0 Å². The minimum Gasteiger partial charge on any atom is -0.469 e. The molecule has 0 aromatic carbocycles. The molecule has 2 aromatic heterocycles. The molecule has 0 aliphatic carbocycles. The zero-order valence-electron chi connectivity index (χ0n) is 11.7. The summed E-state index contributed by atoms with van der Waals surface area (Å²) in [5.41, 5.74) is 1.62. The van der Waals surface area contributed by atoms with Gasteiger partial charge in [-0.05, 0) is 28.8 Å². The summed E-state index contributed by atoms with van der Waals surface area (Å²) in [6, 6.07) is 2.02. The van der Waals surface area contributed by atoms with Crippen LogP contribution in [-0.2, 0) is 33.7 Å². The minimum atomic E-state index is -0.615. The standard InChI is InChI=1S/C13H15N3O4S/c1-19-11(17)7-10-12(13(18)20-2)14-15-16(10)5-3-9-4-6-21-8-9/h4,6,8H,3,5,7H2,1-2H3. The average Bonchev–Trinajstić information content (AvgIpc) is 3.14. The first-order chi connectivity index (χ1) is 10.2. The number of hydrogen-bond donors (Lipinski definition) is 0. The van der Waals surface area contributed by atoms with Crippen molar-refractivity contribution in [1.82, 2.24) is 15.0 Å². The van der Waals surface area contributed by atoms with Gasteiger partial charge in [0.1, 0.15) is 0 Å². The number of nitrogens with zero attached hydrogens (tertiary/aromatic N) is 3. The predicted molar refractivity (Wildman–Crippen MR) is 75.1 cm³/mol. The highest BCUT2D eigenvalue weighted by molar-refractivity contribution is 7.07. The van der Waals surface area contributed by atoms with Crippen molar-refractivity contribution in [3.8, 4) is 0 Å². The molecule has 0 N–H and O–H groups in total. The molecule has 2 rings (SSSR count). The van der Waals surface area contributed by atoms with Gasteiger partial charge in [0, 0.05) is 6.54 Å². The van der Waals surface area contributed by atoms with Gasteiger partial charge in [-0.15, -0.1) is 5.10 Å². The Morgan fingerprint density at radius 2 is 2.14 bits per heavy atom. The molecule has 0 spiro atoms. The average molecular weight is 309 g/mol. The van der Waals surface area contributed by atoms with Gasteiger partial charge in [-0.2, -0.15) is 11.3 Å². The second kappa shape index (κ2) is 6.98. The van der Waals surface area contributed by atoms with Gasteiger partial charge in [0.15, 0.2) is 5.69 Å². The van der Waals surface area contributed by atoms with E-state index in [0.29, 0.717) is 12.2 Å². The van der Waals surface area contributed by atoms with Gasteiger partial charge in [0.2, 0.25) is 0 Å². The molecule has 8 heteroatoms. The molecule has 7 nitrogen and oxygen atoms in total. The minimum absolute atomic E-state index is 0.0493. The molecule has 0 fully saturated rings. The zero-order valence-corrected chi connectivity index (χ0v) is 12.6. The summed E-state index contributed by atoms with van der Waals surface area (Å²) < 4.78 is 10.8. The molecule has 0 aliphatic rings. The van der Waals surface area contributed by atoms with E-state index in [1.807, 2.05) is 16.8 Å².